The van der Waals surface area contributed by atoms with E-state index in [1.54, 1.807) is 0 Å². The van der Waals surface area contributed by atoms with Crippen LogP contribution in [0.5, 0.6) is 0 Å². The topological polar surface area (TPSA) is 86.2 Å². The van der Waals surface area contributed by atoms with E-state index in [9.17, 15) is 9.90 Å². The highest BCUT2D eigenvalue weighted by atomic mass is 16.4. The van der Waals surface area contributed by atoms with Crippen LogP contribution >= 0.6 is 0 Å². The minimum Gasteiger partial charge on any atom is -0.481 e. The van der Waals surface area contributed by atoms with Crippen molar-refractivity contribution in [3.63, 3.8) is 0 Å². The highest BCUT2D eigenvalue weighted by Gasteiger charge is 2.27. The van der Waals surface area contributed by atoms with E-state index in [0.717, 1.165) is 0 Å². The summed E-state index contributed by atoms with van der Waals surface area (Å²) in [6.45, 7) is 1.44. The van der Waals surface area contributed by atoms with Crippen LogP contribution in [0, 0.1) is 0 Å². The molecule has 0 spiro atoms. The van der Waals surface area contributed by atoms with Crippen molar-refractivity contribution in [1.29, 1.82) is 0 Å². The van der Waals surface area contributed by atoms with Crippen LogP contribution in [0.15, 0.2) is 12.4 Å². The molecule has 66 valence electrons. The average molecular weight is 170 g/mol. The van der Waals surface area contributed by atoms with Gasteiger partial charge in [0.1, 0.15) is 5.60 Å². The van der Waals surface area contributed by atoms with Gasteiger partial charge >= 0.3 is 5.97 Å². The maximum Gasteiger partial charge on any atom is 0.306 e. The molecule has 0 bridgehead atoms. The van der Waals surface area contributed by atoms with Crippen LogP contribution in [0.25, 0.3) is 0 Å². The van der Waals surface area contributed by atoms with Gasteiger partial charge in [-0.1, -0.05) is 0 Å². The largest absolute Gasteiger partial charge is 0.481 e. The fourth-order valence-electron chi connectivity index (χ4n) is 0.942. The lowest BCUT2D eigenvalue weighted by Gasteiger charge is -2.18. The molecule has 12 heavy (non-hydrogen) atoms. The van der Waals surface area contributed by atoms with Crippen molar-refractivity contribution in [1.82, 2.24) is 10.2 Å². The maximum atomic E-state index is 10.3. The molecule has 0 aromatic carbocycles. The van der Waals surface area contributed by atoms with Crippen molar-refractivity contribution in [3.05, 3.63) is 18.0 Å². The normalized spacial score (nSPS) is 15.5. The number of aliphatic hydroxyl groups is 1. The number of hydrogen-bond donors (Lipinski definition) is 3. The Labute approximate surface area is 69.0 Å². The number of rotatable bonds is 3. The molecule has 0 saturated heterocycles. The highest BCUT2D eigenvalue weighted by molar-refractivity contribution is 5.68. The number of carbonyl (C=O) groups is 1. The minimum atomic E-state index is -1.35. The Bertz CT molecular complexity index is 266. The summed E-state index contributed by atoms with van der Waals surface area (Å²) < 4.78 is 0. The van der Waals surface area contributed by atoms with Crippen LogP contribution in [0.2, 0.25) is 0 Å². The highest BCUT2D eigenvalue weighted by Crippen LogP contribution is 2.22. The SMILES string of the molecule is CC(O)(CC(=O)O)c1cn[nH]c1. The first kappa shape index (κ1) is 8.73. The van der Waals surface area contributed by atoms with Crippen molar-refractivity contribution >= 4 is 5.97 Å². The number of hydrogen-bond acceptors (Lipinski definition) is 3. The molecule has 1 aromatic heterocycles. The first-order valence-electron chi connectivity index (χ1n) is 3.46. The van der Waals surface area contributed by atoms with Crippen LogP contribution in [-0.4, -0.2) is 26.4 Å². The van der Waals surface area contributed by atoms with Crippen LogP contribution < -0.4 is 0 Å². The van der Waals surface area contributed by atoms with Crippen molar-refractivity contribution in [2.75, 3.05) is 0 Å². The number of nitrogens with one attached hydrogen (secondary N) is 1. The zero-order chi connectivity index (χ0) is 9.19. The van der Waals surface area contributed by atoms with E-state index in [1.165, 1.54) is 19.3 Å². The van der Waals surface area contributed by atoms with E-state index in [0.29, 0.717) is 5.56 Å². The van der Waals surface area contributed by atoms with Crippen LogP contribution in [-0.2, 0) is 10.4 Å². The molecule has 5 nitrogen and oxygen atoms in total. The van der Waals surface area contributed by atoms with Gasteiger partial charge in [-0.05, 0) is 6.92 Å². The first-order valence-corrected chi connectivity index (χ1v) is 3.46. The molecule has 0 saturated carbocycles. The van der Waals surface area contributed by atoms with Gasteiger partial charge in [0.15, 0.2) is 0 Å². The van der Waals surface area contributed by atoms with Gasteiger partial charge in [0.05, 0.1) is 12.6 Å². The Morgan fingerprint density at radius 1 is 1.83 bits per heavy atom. The summed E-state index contributed by atoms with van der Waals surface area (Å²) in [5.74, 6) is -1.04. The summed E-state index contributed by atoms with van der Waals surface area (Å²) in [5.41, 5.74) is -0.872. The lowest BCUT2D eigenvalue weighted by atomic mass is 9.96. The first-order chi connectivity index (χ1) is 5.52. The number of nitrogens with zero attached hydrogens (tertiary/aromatic N) is 1. The standard InChI is InChI=1S/C7H10N2O3/c1-7(12,2-6(10)11)5-3-8-9-4-5/h3-4,12H,2H2,1H3,(H,8,9)(H,10,11). The second-order valence-electron chi connectivity index (χ2n) is 2.83. The molecule has 1 heterocycles. The van der Waals surface area contributed by atoms with Gasteiger partial charge in [-0.25, -0.2) is 0 Å². The monoisotopic (exact) mass is 170 g/mol. The molecule has 0 aliphatic rings. The second kappa shape index (κ2) is 2.94. The molecule has 0 aliphatic carbocycles. The predicted octanol–water partition coefficient (Wildman–Crippen LogP) is 0.0919. The fourth-order valence-corrected chi connectivity index (χ4v) is 0.942. The Hall–Kier alpha value is -1.36. The van der Waals surface area contributed by atoms with Crippen molar-refractivity contribution in [2.24, 2.45) is 0 Å². The molecule has 0 fully saturated rings. The van der Waals surface area contributed by atoms with Gasteiger partial charge in [-0.3, -0.25) is 9.89 Å². The Balaban J connectivity index is 2.79. The summed E-state index contributed by atoms with van der Waals surface area (Å²) in [6.07, 6.45) is 2.55. The third-order valence-corrected chi connectivity index (χ3v) is 1.62. The van der Waals surface area contributed by atoms with Crippen LogP contribution in [0.3, 0.4) is 0 Å². The van der Waals surface area contributed by atoms with Crippen molar-refractivity contribution in [2.45, 2.75) is 18.9 Å². The molecule has 0 radical (unpaired) electrons. The fraction of sp³-hybridized carbons (Fsp3) is 0.429. The molecule has 1 aromatic rings. The molecule has 0 amide bonds. The summed E-state index contributed by atoms with van der Waals surface area (Å²) in [4.78, 5) is 10.3. The van der Waals surface area contributed by atoms with E-state index < -0.39 is 11.6 Å². The molecular weight excluding hydrogens is 160 g/mol. The number of aromatic nitrogens is 2. The number of aliphatic carboxylic acids is 1. The Morgan fingerprint density at radius 3 is 2.92 bits per heavy atom. The van der Waals surface area contributed by atoms with Gasteiger partial charge in [0, 0.05) is 11.8 Å². The Kier molecular flexibility index (Phi) is 2.14. The number of H-pyrrole nitrogens is 1. The smallest absolute Gasteiger partial charge is 0.306 e. The van der Waals surface area contributed by atoms with Gasteiger partial charge in [-0.15, -0.1) is 0 Å². The van der Waals surface area contributed by atoms with Crippen LogP contribution in [0.4, 0.5) is 0 Å². The summed E-state index contributed by atoms with van der Waals surface area (Å²) in [5, 5.41) is 24.2. The zero-order valence-electron chi connectivity index (χ0n) is 6.61. The van der Waals surface area contributed by atoms with E-state index in [1.807, 2.05) is 0 Å². The van der Waals surface area contributed by atoms with E-state index >= 15 is 0 Å². The molecule has 0 aliphatic heterocycles. The van der Waals surface area contributed by atoms with E-state index in [-0.39, 0.29) is 6.42 Å². The third kappa shape index (κ3) is 1.82. The summed E-state index contributed by atoms with van der Waals surface area (Å²) >= 11 is 0. The quantitative estimate of drug-likeness (QED) is 0.600. The third-order valence-electron chi connectivity index (χ3n) is 1.62. The lowest BCUT2D eigenvalue weighted by molar-refractivity contribution is -0.142. The van der Waals surface area contributed by atoms with Gasteiger partial charge in [0.2, 0.25) is 0 Å². The van der Waals surface area contributed by atoms with Crippen LogP contribution in [0.1, 0.15) is 18.9 Å². The molecular formula is C7H10N2O3. The molecule has 1 atom stereocenters. The minimum absolute atomic E-state index is 0.327. The summed E-state index contributed by atoms with van der Waals surface area (Å²) in [7, 11) is 0. The molecule has 1 rings (SSSR count). The summed E-state index contributed by atoms with van der Waals surface area (Å²) in [6, 6.07) is 0. The lowest BCUT2D eigenvalue weighted by Crippen LogP contribution is -2.24. The van der Waals surface area contributed by atoms with E-state index in [4.69, 9.17) is 5.11 Å². The van der Waals surface area contributed by atoms with Crippen molar-refractivity contribution < 1.29 is 15.0 Å². The molecule has 1 unspecified atom stereocenters. The zero-order valence-corrected chi connectivity index (χ0v) is 6.61. The molecule has 5 heteroatoms. The number of carboxylic acid groups (broad SMARTS) is 1. The van der Waals surface area contributed by atoms with Gasteiger partial charge in [0.25, 0.3) is 0 Å². The second-order valence-corrected chi connectivity index (χ2v) is 2.83. The van der Waals surface area contributed by atoms with Gasteiger partial charge < -0.3 is 10.2 Å². The Morgan fingerprint density at radius 2 is 2.50 bits per heavy atom. The predicted molar refractivity (Wildman–Crippen MR) is 40.4 cm³/mol. The number of carboxylic acids is 1. The molecule has 3 N–H and O–H groups in total. The van der Waals surface area contributed by atoms with Crippen molar-refractivity contribution in [3.8, 4) is 0 Å². The maximum absolute atomic E-state index is 10.3. The number of aromatic amines is 1. The van der Waals surface area contributed by atoms with Gasteiger partial charge in [-0.2, -0.15) is 5.10 Å². The average Bonchev–Trinajstić information content (AvgIpc) is 2.32. The van der Waals surface area contributed by atoms with E-state index in [2.05, 4.69) is 10.2 Å².